The van der Waals surface area contributed by atoms with Crippen molar-refractivity contribution in [1.29, 1.82) is 5.26 Å². The van der Waals surface area contributed by atoms with Gasteiger partial charge in [-0.05, 0) is 49.3 Å². The molecule has 4 rings (SSSR count). The van der Waals surface area contributed by atoms with E-state index in [-0.39, 0.29) is 23.5 Å². The number of amides is 2. The van der Waals surface area contributed by atoms with Gasteiger partial charge in [-0.3, -0.25) is 9.59 Å². The monoisotopic (exact) mass is 542 g/mol. The number of anilines is 1. The highest BCUT2D eigenvalue weighted by molar-refractivity contribution is 7.99. The predicted molar refractivity (Wildman–Crippen MR) is 143 cm³/mol. The maximum atomic E-state index is 12.9. The zero-order valence-corrected chi connectivity index (χ0v) is 22.7. The van der Waals surface area contributed by atoms with Crippen molar-refractivity contribution >= 4 is 51.5 Å². The van der Waals surface area contributed by atoms with E-state index in [9.17, 15) is 14.9 Å². The second kappa shape index (κ2) is 11.5. The minimum Gasteiger partial charge on any atom is -0.342 e. The molecule has 0 spiro atoms. The van der Waals surface area contributed by atoms with Crippen LogP contribution in [0.25, 0.3) is 0 Å². The SMILES string of the molecule is CC(C)[C@@H](NC(=O)c1ccccc1Cl)c1nnc(SCC(=O)Nc2sc3c(c2C#N)CCCC3)n1C. The van der Waals surface area contributed by atoms with Gasteiger partial charge in [-0.25, -0.2) is 0 Å². The number of hydrogen-bond donors (Lipinski definition) is 2. The highest BCUT2D eigenvalue weighted by Crippen LogP contribution is 2.37. The molecule has 8 nitrogen and oxygen atoms in total. The molecule has 188 valence electrons. The van der Waals surface area contributed by atoms with Gasteiger partial charge >= 0.3 is 0 Å². The third kappa shape index (κ3) is 5.59. The quantitative estimate of drug-likeness (QED) is 0.381. The first-order valence-electron chi connectivity index (χ1n) is 11.7. The zero-order valence-electron chi connectivity index (χ0n) is 20.3. The molecule has 1 aliphatic carbocycles. The molecular weight excluding hydrogens is 516 g/mol. The van der Waals surface area contributed by atoms with Crippen molar-refractivity contribution in [2.45, 2.75) is 50.7 Å². The van der Waals surface area contributed by atoms with Crippen LogP contribution in [0.1, 0.15) is 64.9 Å². The third-order valence-electron chi connectivity index (χ3n) is 6.09. The van der Waals surface area contributed by atoms with E-state index in [2.05, 4.69) is 26.9 Å². The lowest BCUT2D eigenvalue weighted by molar-refractivity contribution is -0.113. The number of carbonyl (C=O) groups is 2. The fourth-order valence-corrected chi connectivity index (χ4v) is 6.38. The van der Waals surface area contributed by atoms with Gasteiger partial charge in [0.1, 0.15) is 11.1 Å². The summed E-state index contributed by atoms with van der Waals surface area (Å²) in [5.74, 6) is 0.258. The van der Waals surface area contributed by atoms with Crippen molar-refractivity contribution in [3.05, 3.63) is 56.7 Å². The summed E-state index contributed by atoms with van der Waals surface area (Å²) < 4.78 is 1.79. The lowest BCUT2D eigenvalue weighted by Crippen LogP contribution is -2.33. The Morgan fingerprint density at radius 2 is 2.00 bits per heavy atom. The van der Waals surface area contributed by atoms with E-state index in [1.807, 2.05) is 20.9 Å². The molecule has 0 unspecified atom stereocenters. The average Bonchev–Trinajstić information content (AvgIpc) is 3.40. The molecule has 2 aromatic heterocycles. The Labute approximate surface area is 223 Å². The molecule has 2 N–H and O–H groups in total. The molecule has 1 aromatic carbocycles. The minimum atomic E-state index is -0.398. The van der Waals surface area contributed by atoms with E-state index < -0.39 is 6.04 Å². The number of nitrogens with one attached hydrogen (secondary N) is 2. The van der Waals surface area contributed by atoms with Crippen LogP contribution in [-0.2, 0) is 24.7 Å². The van der Waals surface area contributed by atoms with Gasteiger partial charge < -0.3 is 15.2 Å². The number of nitrogens with zero attached hydrogens (tertiary/aromatic N) is 4. The average molecular weight is 543 g/mol. The van der Waals surface area contributed by atoms with Crippen LogP contribution in [0.2, 0.25) is 5.02 Å². The van der Waals surface area contributed by atoms with Crippen molar-refractivity contribution < 1.29 is 9.59 Å². The van der Waals surface area contributed by atoms with E-state index >= 15 is 0 Å². The van der Waals surface area contributed by atoms with Crippen LogP contribution in [0.5, 0.6) is 0 Å². The number of benzene rings is 1. The molecular formula is C25H27ClN6O2S2. The number of fused-ring (bicyclic) bond motifs is 1. The lowest BCUT2D eigenvalue weighted by atomic mass is 9.96. The van der Waals surface area contributed by atoms with Crippen LogP contribution in [0.3, 0.4) is 0 Å². The first-order valence-corrected chi connectivity index (χ1v) is 13.9. The summed E-state index contributed by atoms with van der Waals surface area (Å²) in [6, 6.07) is 8.75. The van der Waals surface area contributed by atoms with Gasteiger partial charge in [-0.15, -0.1) is 21.5 Å². The van der Waals surface area contributed by atoms with Crippen molar-refractivity contribution in [1.82, 2.24) is 20.1 Å². The molecule has 2 amide bonds. The highest BCUT2D eigenvalue weighted by Gasteiger charge is 2.26. The number of hydrogen-bond acceptors (Lipinski definition) is 7. The summed E-state index contributed by atoms with van der Waals surface area (Å²) in [6.07, 6.45) is 4.05. The summed E-state index contributed by atoms with van der Waals surface area (Å²) in [5, 5.41) is 25.7. The Morgan fingerprint density at radius 1 is 1.25 bits per heavy atom. The summed E-state index contributed by atoms with van der Waals surface area (Å²) in [5.41, 5.74) is 2.08. The van der Waals surface area contributed by atoms with Crippen molar-refractivity contribution in [3.8, 4) is 6.07 Å². The number of rotatable bonds is 8. The zero-order chi connectivity index (χ0) is 25.8. The molecule has 1 atom stereocenters. The van der Waals surface area contributed by atoms with Gasteiger partial charge in [-0.1, -0.05) is 49.3 Å². The molecule has 36 heavy (non-hydrogen) atoms. The topological polar surface area (TPSA) is 113 Å². The van der Waals surface area contributed by atoms with Gasteiger partial charge in [-0.2, -0.15) is 5.26 Å². The highest BCUT2D eigenvalue weighted by atomic mass is 35.5. The Balaban J connectivity index is 1.42. The maximum absolute atomic E-state index is 12.9. The van der Waals surface area contributed by atoms with Gasteiger partial charge in [0.2, 0.25) is 5.91 Å². The summed E-state index contributed by atoms with van der Waals surface area (Å²) in [4.78, 5) is 26.8. The smallest absolute Gasteiger partial charge is 0.253 e. The van der Waals surface area contributed by atoms with E-state index in [4.69, 9.17) is 11.6 Å². The number of nitriles is 1. The van der Waals surface area contributed by atoms with Gasteiger partial charge in [0.25, 0.3) is 5.91 Å². The first kappa shape index (κ1) is 26.2. The fraction of sp³-hybridized carbons (Fsp3) is 0.400. The van der Waals surface area contributed by atoms with Crippen molar-refractivity contribution in [3.63, 3.8) is 0 Å². The fourth-order valence-electron chi connectivity index (χ4n) is 4.18. The van der Waals surface area contributed by atoms with Crippen LogP contribution in [-0.4, -0.2) is 32.3 Å². The van der Waals surface area contributed by atoms with E-state index in [1.165, 1.54) is 28.0 Å². The summed E-state index contributed by atoms with van der Waals surface area (Å²) >= 11 is 8.95. The maximum Gasteiger partial charge on any atom is 0.253 e. The number of thiophene rings is 1. The van der Waals surface area contributed by atoms with Crippen LogP contribution in [0.15, 0.2) is 29.4 Å². The largest absolute Gasteiger partial charge is 0.342 e. The van der Waals surface area contributed by atoms with E-state index in [0.717, 1.165) is 31.2 Å². The lowest BCUT2D eigenvalue weighted by Gasteiger charge is -2.22. The Bertz CT molecular complexity index is 1330. The summed E-state index contributed by atoms with van der Waals surface area (Å²) in [7, 11) is 1.81. The van der Waals surface area contributed by atoms with Crippen molar-refractivity contribution in [2.75, 3.05) is 11.1 Å². The second-order valence-electron chi connectivity index (χ2n) is 8.94. The number of thioether (sulfide) groups is 1. The Hall–Kier alpha value is -2.87. The Morgan fingerprint density at radius 3 is 2.72 bits per heavy atom. The number of carbonyl (C=O) groups excluding carboxylic acids is 2. The van der Waals surface area contributed by atoms with E-state index in [1.54, 1.807) is 28.8 Å². The van der Waals surface area contributed by atoms with Crippen LogP contribution in [0.4, 0.5) is 5.00 Å². The summed E-state index contributed by atoms with van der Waals surface area (Å²) in [6.45, 7) is 3.97. The second-order valence-corrected chi connectivity index (χ2v) is 11.4. The molecule has 0 bridgehead atoms. The number of halogens is 1. The molecule has 0 aliphatic heterocycles. The minimum absolute atomic E-state index is 0.0368. The molecule has 1 aliphatic rings. The molecule has 3 aromatic rings. The predicted octanol–water partition coefficient (Wildman–Crippen LogP) is 5.14. The van der Waals surface area contributed by atoms with Gasteiger partial charge in [0.05, 0.1) is 27.9 Å². The van der Waals surface area contributed by atoms with Crippen LogP contribution < -0.4 is 10.6 Å². The molecule has 0 radical (unpaired) electrons. The van der Waals surface area contributed by atoms with Gasteiger partial charge in [0, 0.05) is 11.9 Å². The molecule has 2 heterocycles. The van der Waals surface area contributed by atoms with Crippen LogP contribution in [0, 0.1) is 17.2 Å². The molecule has 0 fully saturated rings. The molecule has 11 heteroatoms. The number of aromatic nitrogens is 3. The molecule has 0 saturated heterocycles. The van der Waals surface area contributed by atoms with Crippen LogP contribution >= 0.6 is 34.7 Å². The third-order valence-corrected chi connectivity index (χ3v) is 8.64. The normalized spacial score (nSPS) is 13.7. The first-order chi connectivity index (χ1) is 17.3. The van der Waals surface area contributed by atoms with E-state index in [0.29, 0.717) is 32.1 Å². The van der Waals surface area contributed by atoms with Gasteiger partial charge in [0.15, 0.2) is 11.0 Å². The van der Waals surface area contributed by atoms with Crippen molar-refractivity contribution in [2.24, 2.45) is 13.0 Å². The molecule has 0 saturated carbocycles. The standard InChI is InChI=1S/C25H27ClN6O2S2/c1-14(2)21(29-23(34)16-9-4-6-10-18(16)26)22-30-31-25(32(22)3)35-13-20(33)28-24-17(12-27)15-8-5-7-11-19(15)36-24/h4,6,9-10,14,21H,5,7-8,11,13H2,1-3H3,(H,28,33)(H,29,34)/t21-/m1/s1. The Kier molecular flexibility index (Phi) is 8.34. The number of aryl methyl sites for hydroxylation is 1.